The summed E-state index contributed by atoms with van der Waals surface area (Å²) in [5.74, 6) is -0.319. The largest absolute Gasteiger partial charge is 0.466 e. The highest BCUT2D eigenvalue weighted by atomic mass is 16.5. The van der Waals surface area contributed by atoms with Crippen molar-refractivity contribution in [1.29, 1.82) is 0 Å². The van der Waals surface area contributed by atoms with E-state index in [1.54, 1.807) is 0 Å². The molecule has 1 heterocycles. The van der Waals surface area contributed by atoms with Gasteiger partial charge in [0, 0.05) is 18.7 Å². The predicted octanol–water partition coefficient (Wildman–Crippen LogP) is 4.29. The predicted molar refractivity (Wildman–Crippen MR) is 113 cm³/mol. The minimum atomic E-state index is -0.321. The first-order valence-corrected chi connectivity index (χ1v) is 10.7. The molecule has 1 aliphatic heterocycles. The molecule has 0 fully saturated rings. The second-order valence-corrected chi connectivity index (χ2v) is 7.77. The summed E-state index contributed by atoms with van der Waals surface area (Å²) in [6.45, 7) is 3.77. The molecular weight excluding hydrogens is 366 g/mol. The number of methoxy groups -OCH3 is 1. The van der Waals surface area contributed by atoms with Gasteiger partial charge >= 0.3 is 5.97 Å². The number of ether oxygens (including phenoxy) is 3. The first-order chi connectivity index (χ1) is 14.2. The average molecular weight is 400 g/mol. The number of allylic oxidation sites excluding steroid dienone is 1. The molecule has 0 radical (unpaired) electrons. The maximum atomic E-state index is 12.3. The lowest BCUT2D eigenvalue weighted by atomic mass is 9.96. The lowest BCUT2D eigenvalue weighted by Crippen LogP contribution is -2.38. The van der Waals surface area contributed by atoms with E-state index < -0.39 is 0 Å². The molecule has 3 rings (SSSR count). The Morgan fingerprint density at radius 2 is 2.07 bits per heavy atom. The van der Waals surface area contributed by atoms with Gasteiger partial charge in [-0.1, -0.05) is 42.0 Å². The van der Waals surface area contributed by atoms with Crippen molar-refractivity contribution in [2.75, 3.05) is 20.3 Å². The fraction of sp³-hybridized carbons (Fsp3) is 0.542. The molecule has 0 spiro atoms. The second-order valence-electron chi connectivity index (χ2n) is 7.77. The minimum absolute atomic E-state index is 0.0847. The van der Waals surface area contributed by atoms with Gasteiger partial charge in [0.2, 0.25) is 0 Å². The van der Waals surface area contributed by atoms with Crippen molar-refractivity contribution in [3.8, 4) is 0 Å². The number of esters is 1. The molecule has 0 amide bonds. The third kappa shape index (κ3) is 6.44. The van der Waals surface area contributed by atoms with Gasteiger partial charge in [-0.2, -0.15) is 0 Å². The van der Waals surface area contributed by atoms with Crippen LogP contribution in [0.15, 0.2) is 53.3 Å². The molecule has 5 heteroatoms. The standard InChI is InChI=1S/C24H33NO4/c1-18-23(24(26)27-2)22(25-14-13-19-9-5-3-6-10-19)15-21(29-18)17-28-16-20-11-7-4-8-12-20/h4,7-9,11-12,18,21,25H,3,5-6,10,13-17H2,1-2H3/t18-,21-/m0/s1. The van der Waals surface area contributed by atoms with Gasteiger partial charge in [0.05, 0.1) is 38.1 Å². The quantitative estimate of drug-likeness (QED) is 0.496. The van der Waals surface area contributed by atoms with E-state index in [4.69, 9.17) is 14.2 Å². The lowest BCUT2D eigenvalue weighted by Gasteiger charge is -2.32. The van der Waals surface area contributed by atoms with Crippen LogP contribution in [0.2, 0.25) is 0 Å². The first kappa shape index (κ1) is 21.6. The summed E-state index contributed by atoms with van der Waals surface area (Å²) >= 11 is 0. The van der Waals surface area contributed by atoms with Crippen molar-refractivity contribution < 1.29 is 19.0 Å². The highest BCUT2D eigenvalue weighted by molar-refractivity contribution is 5.90. The molecule has 0 unspecified atom stereocenters. The smallest absolute Gasteiger partial charge is 0.338 e. The van der Waals surface area contributed by atoms with E-state index in [2.05, 4.69) is 11.4 Å². The number of carbonyl (C=O) groups excluding carboxylic acids is 1. The normalized spacial score (nSPS) is 22.2. The van der Waals surface area contributed by atoms with Crippen molar-refractivity contribution in [1.82, 2.24) is 5.32 Å². The Balaban J connectivity index is 1.57. The van der Waals surface area contributed by atoms with Crippen molar-refractivity contribution >= 4 is 5.97 Å². The summed E-state index contributed by atoms with van der Waals surface area (Å²) < 4.78 is 16.9. The van der Waals surface area contributed by atoms with E-state index in [9.17, 15) is 4.79 Å². The van der Waals surface area contributed by atoms with E-state index in [0.29, 0.717) is 25.2 Å². The molecular formula is C24H33NO4. The Bertz CT molecular complexity index is 726. The summed E-state index contributed by atoms with van der Waals surface area (Å²) in [4.78, 5) is 12.3. The Kier molecular flexibility index (Phi) is 8.32. The van der Waals surface area contributed by atoms with Crippen molar-refractivity contribution in [3.63, 3.8) is 0 Å². The molecule has 5 nitrogen and oxygen atoms in total. The number of carbonyl (C=O) groups is 1. The van der Waals surface area contributed by atoms with Crippen LogP contribution < -0.4 is 5.32 Å². The summed E-state index contributed by atoms with van der Waals surface area (Å²) in [6, 6.07) is 10.1. The van der Waals surface area contributed by atoms with Gasteiger partial charge in [0.25, 0.3) is 0 Å². The second kappa shape index (κ2) is 11.2. The fourth-order valence-electron chi connectivity index (χ4n) is 4.04. The van der Waals surface area contributed by atoms with Crippen LogP contribution in [0.25, 0.3) is 0 Å². The zero-order chi connectivity index (χ0) is 20.5. The third-order valence-corrected chi connectivity index (χ3v) is 5.55. The summed E-state index contributed by atoms with van der Waals surface area (Å²) in [5, 5.41) is 3.51. The number of hydrogen-bond acceptors (Lipinski definition) is 5. The molecule has 0 saturated heterocycles. The van der Waals surface area contributed by atoms with Crippen LogP contribution in [-0.4, -0.2) is 38.4 Å². The van der Waals surface area contributed by atoms with Gasteiger partial charge in [-0.25, -0.2) is 4.79 Å². The maximum absolute atomic E-state index is 12.3. The highest BCUT2D eigenvalue weighted by Gasteiger charge is 2.32. The number of hydrogen-bond donors (Lipinski definition) is 1. The Morgan fingerprint density at radius 1 is 1.24 bits per heavy atom. The number of nitrogens with one attached hydrogen (secondary N) is 1. The zero-order valence-corrected chi connectivity index (χ0v) is 17.6. The Labute approximate surface area is 174 Å². The fourth-order valence-corrected chi connectivity index (χ4v) is 4.04. The van der Waals surface area contributed by atoms with Crippen LogP contribution >= 0.6 is 0 Å². The highest BCUT2D eigenvalue weighted by Crippen LogP contribution is 2.26. The molecule has 2 atom stereocenters. The van der Waals surface area contributed by atoms with Crippen LogP contribution in [0.3, 0.4) is 0 Å². The van der Waals surface area contributed by atoms with E-state index in [1.165, 1.54) is 38.4 Å². The molecule has 0 aromatic heterocycles. The van der Waals surface area contributed by atoms with Crippen molar-refractivity contribution in [2.24, 2.45) is 0 Å². The first-order valence-electron chi connectivity index (χ1n) is 10.7. The summed E-state index contributed by atoms with van der Waals surface area (Å²) in [5.41, 5.74) is 4.19. The molecule has 158 valence electrons. The molecule has 1 aromatic rings. The lowest BCUT2D eigenvalue weighted by molar-refractivity contribution is -0.139. The van der Waals surface area contributed by atoms with Crippen LogP contribution in [-0.2, 0) is 25.6 Å². The van der Waals surface area contributed by atoms with E-state index >= 15 is 0 Å². The van der Waals surface area contributed by atoms with Gasteiger partial charge in [-0.05, 0) is 44.6 Å². The van der Waals surface area contributed by atoms with Crippen LogP contribution in [0.1, 0.15) is 51.0 Å². The molecule has 0 bridgehead atoms. The van der Waals surface area contributed by atoms with Crippen molar-refractivity contribution in [2.45, 2.75) is 64.3 Å². The van der Waals surface area contributed by atoms with E-state index in [1.807, 2.05) is 37.3 Å². The van der Waals surface area contributed by atoms with Crippen molar-refractivity contribution in [3.05, 3.63) is 58.8 Å². The molecule has 29 heavy (non-hydrogen) atoms. The molecule has 1 N–H and O–H groups in total. The van der Waals surface area contributed by atoms with Gasteiger partial charge in [0.15, 0.2) is 0 Å². The molecule has 2 aliphatic rings. The van der Waals surface area contributed by atoms with Gasteiger partial charge in [0.1, 0.15) is 0 Å². The molecule has 0 saturated carbocycles. The molecule has 1 aromatic carbocycles. The summed E-state index contributed by atoms with van der Waals surface area (Å²) in [7, 11) is 1.42. The number of rotatable bonds is 9. The topological polar surface area (TPSA) is 56.8 Å². The van der Waals surface area contributed by atoms with Crippen LogP contribution in [0.4, 0.5) is 0 Å². The van der Waals surface area contributed by atoms with E-state index in [0.717, 1.165) is 24.2 Å². The SMILES string of the molecule is COC(=O)C1=C(NCCC2=CCCCC2)C[C@@H](COCc2ccccc2)O[C@H]1C. The van der Waals surface area contributed by atoms with Gasteiger partial charge in [-0.3, -0.25) is 0 Å². The van der Waals surface area contributed by atoms with Crippen LogP contribution in [0.5, 0.6) is 0 Å². The molecule has 1 aliphatic carbocycles. The third-order valence-electron chi connectivity index (χ3n) is 5.55. The van der Waals surface area contributed by atoms with Crippen LogP contribution in [0, 0.1) is 0 Å². The Hall–Kier alpha value is -2.11. The Morgan fingerprint density at radius 3 is 2.79 bits per heavy atom. The van der Waals surface area contributed by atoms with E-state index in [-0.39, 0.29) is 18.2 Å². The average Bonchev–Trinajstić information content (AvgIpc) is 2.75. The van der Waals surface area contributed by atoms with Gasteiger partial charge in [-0.15, -0.1) is 0 Å². The number of benzene rings is 1. The zero-order valence-electron chi connectivity index (χ0n) is 17.6. The van der Waals surface area contributed by atoms with Gasteiger partial charge < -0.3 is 19.5 Å². The minimum Gasteiger partial charge on any atom is -0.466 e. The maximum Gasteiger partial charge on any atom is 0.338 e. The summed E-state index contributed by atoms with van der Waals surface area (Å²) in [6.07, 6.45) is 8.58. The monoisotopic (exact) mass is 399 g/mol.